The van der Waals surface area contributed by atoms with E-state index >= 15 is 0 Å². The molecule has 0 fully saturated rings. The zero-order valence-electron chi connectivity index (χ0n) is 10.8. The second-order valence-electron chi connectivity index (χ2n) is 3.59. The van der Waals surface area contributed by atoms with Crippen LogP contribution in [-0.2, 0) is 27.2 Å². The third-order valence-electron chi connectivity index (χ3n) is 2.17. The standard InChI is InChI=1S/C11H20N4O3/c1-16-5-6-18-4-3-10-13-9(8-17-2)7-11(14-10)15-12/h7H,3-6,8,12H2,1-2H3,(H,13,14,15). The molecule has 1 aromatic heterocycles. The van der Waals surface area contributed by atoms with E-state index in [0.29, 0.717) is 44.5 Å². The van der Waals surface area contributed by atoms with E-state index in [-0.39, 0.29) is 0 Å². The van der Waals surface area contributed by atoms with Crippen molar-refractivity contribution < 1.29 is 14.2 Å². The largest absolute Gasteiger partial charge is 0.382 e. The van der Waals surface area contributed by atoms with Crippen LogP contribution < -0.4 is 11.3 Å². The van der Waals surface area contributed by atoms with Crippen LogP contribution in [0.15, 0.2) is 6.07 Å². The number of hydrogen-bond donors (Lipinski definition) is 2. The molecule has 0 aliphatic rings. The second kappa shape index (κ2) is 8.76. The highest BCUT2D eigenvalue weighted by Crippen LogP contribution is 2.07. The van der Waals surface area contributed by atoms with Gasteiger partial charge in [0.1, 0.15) is 11.6 Å². The van der Waals surface area contributed by atoms with Gasteiger partial charge in [0.05, 0.1) is 32.1 Å². The lowest BCUT2D eigenvalue weighted by Crippen LogP contribution is -2.13. The second-order valence-corrected chi connectivity index (χ2v) is 3.59. The number of aromatic nitrogens is 2. The van der Waals surface area contributed by atoms with Crippen molar-refractivity contribution in [3.05, 3.63) is 17.6 Å². The van der Waals surface area contributed by atoms with Gasteiger partial charge in [-0.05, 0) is 0 Å². The van der Waals surface area contributed by atoms with Crippen molar-refractivity contribution in [3.63, 3.8) is 0 Å². The fourth-order valence-electron chi connectivity index (χ4n) is 1.37. The molecular weight excluding hydrogens is 236 g/mol. The molecule has 0 saturated heterocycles. The number of methoxy groups -OCH3 is 2. The molecule has 102 valence electrons. The van der Waals surface area contributed by atoms with Gasteiger partial charge in [0.15, 0.2) is 0 Å². The van der Waals surface area contributed by atoms with Gasteiger partial charge < -0.3 is 19.6 Å². The third-order valence-corrected chi connectivity index (χ3v) is 2.17. The molecule has 0 aliphatic heterocycles. The zero-order valence-corrected chi connectivity index (χ0v) is 10.8. The lowest BCUT2D eigenvalue weighted by Gasteiger charge is -2.07. The third kappa shape index (κ3) is 5.37. The van der Waals surface area contributed by atoms with Gasteiger partial charge in [-0.2, -0.15) is 0 Å². The summed E-state index contributed by atoms with van der Waals surface area (Å²) in [4.78, 5) is 8.58. The Hall–Kier alpha value is -1.28. The van der Waals surface area contributed by atoms with E-state index in [2.05, 4.69) is 15.4 Å². The highest BCUT2D eigenvalue weighted by Gasteiger charge is 2.04. The van der Waals surface area contributed by atoms with Gasteiger partial charge in [-0.3, -0.25) is 0 Å². The van der Waals surface area contributed by atoms with Crippen molar-refractivity contribution in [1.29, 1.82) is 0 Å². The Morgan fingerprint density at radius 2 is 2.00 bits per heavy atom. The van der Waals surface area contributed by atoms with Crippen molar-refractivity contribution in [3.8, 4) is 0 Å². The van der Waals surface area contributed by atoms with Crippen molar-refractivity contribution in [2.75, 3.05) is 39.5 Å². The van der Waals surface area contributed by atoms with Gasteiger partial charge in [-0.15, -0.1) is 0 Å². The molecule has 0 saturated carbocycles. The summed E-state index contributed by atoms with van der Waals surface area (Å²) in [5, 5.41) is 0. The van der Waals surface area contributed by atoms with Gasteiger partial charge in [0, 0.05) is 26.7 Å². The van der Waals surface area contributed by atoms with Crippen molar-refractivity contribution in [2.24, 2.45) is 5.84 Å². The SMILES string of the molecule is COCCOCCc1nc(COC)cc(NN)n1. The number of rotatable bonds is 9. The molecule has 0 aliphatic carbocycles. The molecule has 0 aromatic carbocycles. The quantitative estimate of drug-likeness (QED) is 0.368. The van der Waals surface area contributed by atoms with Crippen LogP contribution in [0, 0.1) is 0 Å². The molecule has 1 rings (SSSR count). The Morgan fingerprint density at radius 3 is 2.67 bits per heavy atom. The number of nitrogen functional groups attached to an aromatic ring is 1. The van der Waals surface area contributed by atoms with E-state index < -0.39 is 0 Å². The molecule has 1 aromatic rings. The minimum Gasteiger partial charge on any atom is -0.382 e. The Kier molecular flexibility index (Phi) is 7.19. The van der Waals surface area contributed by atoms with E-state index in [4.69, 9.17) is 20.1 Å². The van der Waals surface area contributed by atoms with Crippen molar-refractivity contribution in [2.45, 2.75) is 13.0 Å². The van der Waals surface area contributed by atoms with Gasteiger partial charge in [0.25, 0.3) is 0 Å². The van der Waals surface area contributed by atoms with E-state index in [0.717, 1.165) is 5.69 Å². The summed E-state index contributed by atoms with van der Waals surface area (Å²) in [6.07, 6.45) is 0.621. The first-order valence-corrected chi connectivity index (χ1v) is 5.69. The fourth-order valence-corrected chi connectivity index (χ4v) is 1.37. The first-order valence-electron chi connectivity index (χ1n) is 5.69. The van der Waals surface area contributed by atoms with Crippen LogP contribution in [0.3, 0.4) is 0 Å². The molecule has 3 N–H and O–H groups in total. The van der Waals surface area contributed by atoms with Crippen LogP contribution in [0.4, 0.5) is 5.82 Å². The van der Waals surface area contributed by atoms with Crippen LogP contribution >= 0.6 is 0 Å². The molecular formula is C11H20N4O3. The Morgan fingerprint density at radius 1 is 1.17 bits per heavy atom. The number of anilines is 1. The van der Waals surface area contributed by atoms with Crippen LogP contribution in [0.1, 0.15) is 11.5 Å². The molecule has 1 heterocycles. The van der Waals surface area contributed by atoms with Crippen molar-refractivity contribution in [1.82, 2.24) is 9.97 Å². The van der Waals surface area contributed by atoms with Crippen molar-refractivity contribution >= 4 is 5.82 Å². The summed E-state index contributed by atoms with van der Waals surface area (Å²) < 4.78 is 15.3. The minimum absolute atomic E-state index is 0.425. The molecule has 0 atom stereocenters. The number of nitrogens with two attached hydrogens (primary N) is 1. The maximum absolute atomic E-state index is 5.36. The first-order chi connectivity index (χ1) is 8.80. The summed E-state index contributed by atoms with van der Waals surface area (Å²) in [5.74, 6) is 6.60. The summed E-state index contributed by atoms with van der Waals surface area (Å²) in [6.45, 7) is 2.12. The minimum atomic E-state index is 0.425. The van der Waals surface area contributed by atoms with Crippen LogP contribution in [0.5, 0.6) is 0 Å². The Bertz CT molecular complexity index is 349. The number of hydrazine groups is 1. The highest BCUT2D eigenvalue weighted by atomic mass is 16.5. The lowest BCUT2D eigenvalue weighted by molar-refractivity contribution is 0.0716. The lowest BCUT2D eigenvalue weighted by atomic mass is 10.3. The number of nitrogens with one attached hydrogen (secondary N) is 1. The molecule has 0 amide bonds. The Labute approximate surface area is 107 Å². The summed E-state index contributed by atoms with van der Waals surface area (Å²) in [7, 11) is 3.26. The van der Waals surface area contributed by atoms with Gasteiger partial charge >= 0.3 is 0 Å². The molecule has 7 nitrogen and oxygen atoms in total. The fraction of sp³-hybridized carbons (Fsp3) is 0.636. The predicted octanol–water partition coefficient (Wildman–Crippen LogP) is 0.114. The summed E-state index contributed by atoms with van der Waals surface area (Å²) in [5.41, 5.74) is 3.29. The normalized spacial score (nSPS) is 10.6. The monoisotopic (exact) mass is 256 g/mol. The van der Waals surface area contributed by atoms with E-state index in [1.165, 1.54) is 0 Å². The molecule has 0 bridgehead atoms. The molecule has 0 spiro atoms. The van der Waals surface area contributed by atoms with Gasteiger partial charge in [-0.25, -0.2) is 15.8 Å². The molecule has 0 unspecified atom stereocenters. The van der Waals surface area contributed by atoms with Crippen LogP contribution in [-0.4, -0.2) is 44.0 Å². The first kappa shape index (κ1) is 14.8. The Balaban J connectivity index is 2.50. The smallest absolute Gasteiger partial charge is 0.144 e. The highest BCUT2D eigenvalue weighted by molar-refractivity contribution is 5.34. The topological polar surface area (TPSA) is 91.5 Å². The van der Waals surface area contributed by atoms with E-state index in [1.54, 1.807) is 20.3 Å². The zero-order chi connectivity index (χ0) is 13.2. The average molecular weight is 256 g/mol. The maximum Gasteiger partial charge on any atom is 0.144 e. The van der Waals surface area contributed by atoms with E-state index in [9.17, 15) is 0 Å². The molecule has 18 heavy (non-hydrogen) atoms. The summed E-state index contributed by atoms with van der Waals surface area (Å²) in [6, 6.07) is 1.75. The number of nitrogens with zero attached hydrogens (tertiary/aromatic N) is 2. The number of hydrogen-bond acceptors (Lipinski definition) is 7. The predicted molar refractivity (Wildman–Crippen MR) is 67.0 cm³/mol. The molecule has 0 radical (unpaired) electrons. The summed E-state index contributed by atoms with van der Waals surface area (Å²) >= 11 is 0. The molecule has 7 heteroatoms. The van der Waals surface area contributed by atoms with E-state index in [1.807, 2.05) is 0 Å². The van der Waals surface area contributed by atoms with Crippen LogP contribution in [0.2, 0.25) is 0 Å². The van der Waals surface area contributed by atoms with Gasteiger partial charge in [-0.1, -0.05) is 0 Å². The van der Waals surface area contributed by atoms with Gasteiger partial charge in [0.2, 0.25) is 0 Å². The number of ether oxygens (including phenoxy) is 3. The maximum atomic E-state index is 5.36. The van der Waals surface area contributed by atoms with Crippen LogP contribution in [0.25, 0.3) is 0 Å². The average Bonchev–Trinajstić information content (AvgIpc) is 2.38.